The third-order valence-corrected chi connectivity index (χ3v) is 5.69. The Labute approximate surface area is 116 Å². The van der Waals surface area contributed by atoms with Gasteiger partial charge in [0.05, 0.1) is 23.8 Å². The molecule has 2 unspecified atom stereocenters. The molecule has 1 saturated carbocycles. The molecular weight excluding hydrogens is 274 g/mol. The fourth-order valence-electron chi connectivity index (χ4n) is 2.22. The molecule has 0 saturated heterocycles. The van der Waals surface area contributed by atoms with Gasteiger partial charge in [-0.15, -0.1) is 11.6 Å². The Morgan fingerprint density at radius 1 is 1.33 bits per heavy atom. The molecule has 0 aromatic rings. The van der Waals surface area contributed by atoms with Crippen molar-refractivity contribution in [2.75, 3.05) is 19.4 Å². The predicted molar refractivity (Wildman–Crippen MR) is 74.5 cm³/mol. The molecule has 1 rings (SSSR count). The van der Waals surface area contributed by atoms with Crippen molar-refractivity contribution in [2.45, 2.75) is 57.1 Å². The van der Waals surface area contributed by atoms with Crippen molar-refractivity contribution >= 4 is 21.6 Å². The second-order valence-electron chi connectivity index (χ2n) is 5.12. The van der Waals surface area contributed by atoms with E-state index in [0.29, 0.717) is 0 Å². The highest BCUT2D eigenvalue weighted by atomic mass is 35.5. The van der Waals surface area contributed by atoms with E-state index in [-0.39, 0.29) is 29.9 Å². The zero-order chi connectivity index (χ0) is 13.8. The lowest BCUT2D eigenvalue weighted by atomic mass is 9.95. The van der Waals surface area contributed by atoms with Gasteiger partial charge in [0.1, 0.15) is 0 Å². The summed E-state index contributed by atoms with van der Waals surface area (Å²) < 4.78 is 31.0. The van der Waals surface area contributed by atoms with Crippen LogP contribution < -0.4 is 0 Å². The number of halogens is 1. The SMILES string of the molecule is CC(C)OCCS(=O)(=O)N(C)C1CCCCC1Cl. The van der Waals surface area contributed by atoms with Crippen LogP contribution in [-0.2, 0) is 14.8 Å². The molecule has 0 aromatic heterocycles. The molecule has 0 bridgehead atoms. The van der Waals surface area contributed by atoms with Crippen LogP contribution in [0, 0.1) is 0 Å². The monoisotopic (exact) mass is 297 g/mol. The molecule has 2 atom stereocenters. The van der Waals surface area contributed by atoms with Crippen molar-refractivity contribution in [3.63, 3.8) is 0 Å². The van der Waals surface area contributed by atoms with Gasteiger partial charge in [-0.1, -0.05) is 12.8 Å². The average molecular weight is 298 g/mol. The van der Waals surface area contributed by atoms with Crippen molar-refractivity contribution < 1.29 is 13.2 Å². The van der Waals surface area contributed by atoms with Crippen LogP contribution >= 0.6 is 11.6 Å². The Hall–Kier alpha value is 0.160. The van der Waals surface area contributed by atoms with Crippen LogP contribution in [0.4, 0.5) is 0 Å². The number of rotatable bonds is 6. The minimum absolute atomic E-state index is 0.0296. The lowest BCUT2D eigenvalue weighted by Crippen LogP contribution is -2.45. The third-order valence-electron chi connectivity index (χ3n) is 3.35. The van der Waals surface area contributed by atoms with E-state index in [9.17, 15) is 8.42 Å². The van der Waals surface area contributed by atoms with Crippen LogP contribution in [-0.4, -0.2) is 49.7 Å². The molecule has 0 N–H and O–H groups in total. The molecule has 1 aliphatic rings. The second kappa shape index (κ2) is 7.08. The number of nitrogens with zero attached hydrogens (tertiary/aromatic N) is 1. The molecule has 1 fully saturated rings. The highest BCUT2D eigenvalue weighted by molar-refractivity contribution is 7.89. The van der Waals surface area contributed by atoms with Gasteiger partial charge >= 0.3 is 0 Å². The molecule has 0 radical (unpaired) electrons. The largest absolute Gasteiger partial charge is 0.378 e. The topological polar surface area (TPSA) is 46.6 Å². The number of hydrogen-bond acceptors (Lipinski definition) is 3. The zero-order valence-corrected chi connectivity index (χ0v) is 13.0. The van der Waals surface area contributed by atoms with Gasteiger partial charge in [0, 0.05) is 13.1 Å². The van der Waals surface area contributed by atoms with E-state index in [1.54, 1.807) is 7.05 Å². The Morgan fingerprint density at radius 3 is 2.50 bits per heavy atom. The number of sulfonamides is 1. The fourth-order valence-corrected chi connectivity index (χ4v) is 3.99. The summed E-state index contributed by atoms with van der Waals surface area (Å²) in [5.41, 5.74) is 0. The maximum Gasteiger partial charge on any atom is 0.216 e. The summed E-state index contributed by atoms with van der Waals surface area (Å²) in [5, 5.41) is -0.0652. The van der Waals surface area contributed by atoms with Gasteiger partial charge in [-0.25, -0.2) is 12.7 Å². The first-order valence-corrected chi connectivity index (χ1v) is 8.60. The Bertz CT molecular complexity index is 345. The summed E-state index contributed by atoms with van der Waals surface area (Å²) in [6, 6.07) is -0.0653. The fraction of sp³-hybridized carbons (Fsp3) is 1.00. The molecule has 1 aliphatic carbocycles. The molecule has 6 heteroatoms. The van der Waals surface area contributed by atoms with Crippen molar-refractivity contribution in [2.24, 2.45) is 0 Å². The third kappa shape index (κ3) is 4.68. The predicted octanol–water partition coefficient (Wildman–Crippen LogP) is 2.22. The maximum absolute atomic E-state index is 12.1. The molecule has 0 spiro atoms. The summed E-state index contributed by atoms with van der Waals surface area (Å²) in [6.07, 6.45) is 3.95. The first-order valence-electron chi connectivity index (χ1n) is 6.56. The van der Waals surface area contributed by atoms with Crippen LogP contribution in [0.15, 0.2) is 0 Å². The first kappa shape index (κ1) is 16.2. The van der Waals surface area contributed by atoms with Gasteiger partial charge in [0.15, 0.2) is 0 Å². The van der Waals surface area contributed by atoms with Crippen molar-refractivity contribution in [1.29, 1.82) is 0 Å². The minimum atomic E-state index is -3.26. The standard InChI is InChI=1S/C12H24ClNO3S/c1-10(2)17-8-9-18(15,16)14(3)12-7-5-4-6-11(12)13/h10-12H,4-9H2,1-3H3. The lowest BCUT2D eigenvalue weighted by Gasteiger charge is -2.34. The molecule has 0 amide bonds. The Kier molecular flexibility index (Phi) is 6.38. The quantitative estimate of drug-likeness (QED) is 0.706. The average Bonchev–Trinajstić information content (AvgIpc) is 2.28. The normalized spacial score (nSPS) is 25.9. The van der Waals surface area contributed by atoms with Gasteiger partial charge < -0.3 is 4.74 Å². The van der Waals surface area contributed by atoms with Gasteiger partial charge in [-0.05, 0) is 26.7 Å². The van der Waals surface area contributed by atoms with Gasteiger partial charge in [-0.3, -0.25) is 0 Å². The number of ether oxygens (including phenoxy) is 1. The summed E-state index contributed by atoms with van der Waals surface area (Å²) >= 11 is 6.23. The van der Waals surface area contributed by atoms with E-state index in [1.165, 1.54) is 4.31 Å². The maximum atomic E-state index is 12.1. The van der Waals surface area contributed by atoms with Crippen LogP contribution in [0.2, 0.25) is 0 Å². The lowest BCUT2D eigenvalue weighted by molar-refractivity contribution is 0.0905. The Morgan fingerprint density at radius 2 is 1.94 bits per heavy atom. The molecule has 0 aliphatic heterocycles. The molecule has 4 nitrogen and oxygen atoms in total. The second-order valence-corrected chi connectivity index (χ2v) is 7.83. The smallest absolute Gasteiger partial charge is 0.216 e. The summed E-state index contributed by atoms with van der Waals surface area (Å²) in [7, 11) is -1.63. The van der Waals surface area contributed by atoms with Crippen LogP contribution in [0.5, 0.6) is 0 Å². The van der Waals surface area contributed by atoms with Crippen molar-refractivity contribution in [1.82, 2.24) is 4.31 Å². The van der Waals surface area contributed by atoms with Crippen molar-refractivity contribution in [3.8, 4) is 0 Å². The minimum Gasteiger partial charge on any atom is -0.378 e. The van der Waals surface area contributed by atoms with E-state index in [4.69, 9.17) is 16.3 Å². The highest BCUT2D eigenvalue weighted by Crippen LogP contribution is 2.28. The summed E-state index contributed by atoms with van der Waals surface area (Å²) in [4.78, 5) is 0. The van der Waals surface area contributed by atoms with Gasteiger partial charge in [-0.2, -0.15) is 0 Å². The van der Waals surface area contributed by atoms with E-state index < -0.39 is 10.0 Å². The van der Waals surface area contributed by atoms with E-state index >= 15 is 0 Å². The highest BCUT2D eigenvalue weighted by Gasteiger charge is 2.32. The van der Waals surface area contributed by atoms with E-state index in [1.807, 2.05) is 13.8 Å². The molecule has 0 heterocycles. The first-order chi connectivity index (χ1) is 8.34. The number of hydrogen-bond donors (Lipinski definition) is 0. The molecule has 108 valence electrons. The van der Waals surface area contributed by atoms with Crippen LogP contribution in [0.3, 0.4) is 0 Å². The van der Waals surface area contributed by atoms with Crippen LogP contribution in [0.25, 0.3) is 0 Å². The molecular formula is C12H24ClNO3S. The van der Waals surface area contributed by atoms with Crippen molar-refractivity contribution in [3.05, 3.63) is 0 Å². The zero-order valence-electron chi connectivity index (χ0n) is 11.4. The van der Waals surface area contributed by atoms with Crippen LogP contribution in [0.1, 0.15) is 39.5 Å². The molecule has 18 heavy (non-hydrogen) atoms. The van der Waals surface area contributed by atoms with E-state index in [2.05, 4.69) is 0 Å². The van der Waals surface area contributed by atoms with Gasteiger partial charge in [0.2, 0.25) is 10.0 Å². The summed E-state index contributed by atoms with van der Waals surface area (Å²) in [5.74, 6) is 0.0296. The molecule has 0 aromatic carbocycles. The number of alkyl halides is 1. The van der Waals surface area contributed by atoms with Gasteiger partial charge in [0.25, 0.3) is 0 Å². The van der Waals surface area contributed by atoms with E-state index in [0.717, 1.165) is 25.7 Å². The summed E-state index contributed by atoms with van der Waals surface area (Å²) in [6.45, 7) is 4.03. The Balaban J connectivity index is 2.54.